The molecule has 3 fully saturated rings. The van der Waals surface area contributed by atoms with Gasteiger partial charge in [-0.2, -0.15) is 4.98 Å². The minimum Gasteiger partial charge on any atom is -0.471 e. The third-order valence-electron chi connectivity index (χ3n) is 3.56. The Balaban J connectivity index is 1.73. The van der Waals surface area contributed by atoms with Crippen LogP contribution >= 0.6 is 0 Å². The molecular weight excluding hydrogens is 204 g/mol. The average molecular weight is 220 g/mol. The van der Waals surface area contributed by atoms with Crippen molar-refractivity contribution < 1.29 is 4.74 Å². The van der Waals surface area contributed by atoms with Crippen LogP contribution in [0.2, 0.25) is 0 Å². The molecule has 1 atom stereocenters. The predicted molar refractivity (Wildman–Crippen MR) is 60.0 cm³/mol. The van der Waals surface area contributed by atoms with Crippen LogP contribution in [-0.2, 0) is 0 Å². The summed E-state index contributed by atoms with van der Waals surface area (Å²) in [5.74, 6) is 1.20. The van der Waals surface area contributed by atoms with Gasteiger partial charge in [0.2, 0.25) is 5.88 Å². The van der Waals surface area contributed by atoms with Crippen molar-refractivity contribution in [2.24, 2.45) is 5.92 Å². The summed E-state index contributed by atoms with van der Waals surface area (Å²) < 4.78 is 5.90. The molecule has 86 valence electrons. The lowest BCUT2D eigenvalue weighted by molar-refractivity contribution is -0.00958. The minimum absolute atomic E-state index is 0.250. The summed E-state index contributed by atoms with van der Waals surface area (Å²) in [6.45, 7) is 3.43. The molecule has 2 bridgehead atoms. The topological polar surface area (TPSA) is 64.3 Å². The van der Waals surface area contributed by atoms with Crippen LogP contribution in [0.5, 0.6) is 5.88 Å². The first kappa shape index (κ1) is 9.84. The first-order chi connectivity index (χ1) is 7.83. The lowest BCUT2D eigenvalue weighted by Gasteiger charge is -2.44. The lowest BCUT2D eigenvalue weighted by atomic mass is 9.86. The van der Waals surface area contributed by atoms with E-state index in [9.17, 15) is 0 Å². The molecule has 1 aromatic rings. The largest absolute Gasteiger partial charge is 0.471 e. The van der Waals surface area contributed by atoms with Crippen LogP contribution in [0.1, 0.15) is 12.8 Å². The SMILES string of the molecule is Nc1cncnc1OC1CN2CCC1CC2. The van der Waals surface area contributed by atoms with Crippen molar-refractivity contribution in [1.82, 2.24) is 14.9 Å². The van der Waals surface area contributed by atoms with Crippen molar-refractivity contribution in [3.8, 4) is 5.88 Å². The van der Waals surface area contributed by atoms with E-state index in [1.807, 2.05) is 0 Å². The molecule has 0 radical (unpaired) electrons. The summed E-state index contributed by atoms with van der Waals surface area (Å²) in [6, 6.07) is 0. The third kappa shape index (κ3) is 1.71. The van der Waals surface area contributed by atoms with E-state index >= 15 is 0 Å². The fourth-order valence-corrected chi connectivity index (χ4v) is 2.62. The van der Waals surface area contributed by atoms with Gasteiger partial charge in [-0.05, 0) is 31.8 Å². The van der Waals surface area contributed by atoms with Crippen LogP contribution in [0.25, 0.3) is 0 Å². The third-order valence-corrected chi connectivity index (χ3v) is 3.56. The molecule has 2 N–H and O–H groups in total. The number of nitrogen functional groups attached to an aromatic ring is 1. The highest BCUT2D eigenvalue weighted by Gasteiger charge is 2.35. The van der Waals surface area contributed by atoms with E-state index in [1.54, 1.807) is 6.20 Å². The highest BCUT2D eigenvalue weighted by molar-refractivity contribution is 5.44. The van der Waals surface area contributed by atoms with Crippen molar-refractivity contribution in [1.29, 1.82) is 0 Å². The predicted octanol–water partition coefficient (Wildman–Crippen LogP) is 0.532. The van der Waals surface area contributed by atoms with Gasteiger partial charge in [-0.15, -0.1) is 0 Å². The fourth-order valence-electron chi connectivity index (χ4n) is 2.62. The van der Waals surface area contributed by atoms with Gasteiger partial charge < -0.3 is 10.5 Å². The van der Waals surface area contributed by atoms with E-state index in [4.69, 9.17) is 10.5 Å². The Morgan fingerprint density at radius 2 is 2.19 bits per heavy atom. The Bertz CT molecular complexity index is 376. The van der Waals surface area contributed by atoms with Crippen LogP contribution in [0.4, 0.5) is 5.69 Å². The van der Waals surface area contributed by atoms with Crippen LogP contribution in [0.15, 0.2) is 12.5 Å². The zero-order chi connectivity index (χ0) is 11.0. The molecule has 3 aliphatic rings. The van der Waals surface area contributed by atoms with Crippen LogP contribution in [-0.4, -0.2) is 40.6 Å². The average Bonchev–Trinajstić information content (AvgIpc) is 2.34. The van der Waals surface area contributed by atoms with E-state index in [-0.39, 0.29) is 6.10 Å². The van der Waals surface area contributed by atoms with Crippen molar-refractivity contribution in [2.75, 3.05) is 25.4 Å². The quantitative estimate of drug-likeness (QED) is 0.787. The molecule has 1 unspecified atom stereocenters. The van der Waals surface area contributed by atoms with Crippen molar-refractivity contribution in [3.05, 3.63) is 12.5 Å². The summed E-state index contributed by atoms with van der Waals surface area (Å²) in [5.41, 5.74) is 6.30. The molecule has 0 aromatic carbocycles. The second kappa shape index (κ2) is 3.90. The van der Waals surface area contributed by atoms with E-state index < -0.39 is 0 Å². The molecule has 4 rings (SSSR count). The fraction of sp³-hybridized carbons (Fsp3) is 0.636. The maximum absolute atomic E-state index is 5.90. The number of hydrogen-bond donors (Lipinski definition) is 1. The molecule has 3 saturated heterocycles. The van der Waals surface area contributed by atoms with Gasteiger partial charge in [0.05, 0.1) is 6.20 Å². The van der Waals surface area contributed by atoms with E-state index in [2.05, 4.69) is 14.9 Å². The first-order valence-corrected chi connectivity index (χ1v) is 5.77. The second-order valence-corrected chi connectivity index (χ2v) is 4.58. The molecule has 4 heterocycles. The zero-order valence-electron chi connectivity index (χ0n) is 9.17. The van der Waals surface area contributed by atoms with Crippen molar-refractivity contribution in [3.63, 3.8) is 0 Å². The number of rotatable bonds is 2. The van der Waals surface area contributed by atoms with Gasteiger partial charge >= 0.3 is 0 Å². The van der Waals surface area contributed by atoms with Gasteiger partial charge in [-0.25, -0.2) is 4.98 Å². The maximum atomic E-state index is 5.90. The molecule has 0 amide bonds. The molecule has 0 saturated carbocycles. The number of hydrogen-bond acceptors (Lipinski definition) is 5. The minimum atomic E-state index is 0.250. The molecule has 5 nitrogen and oxygen atoms in total. The van der Waals surface area contributed by atoms with E-state index in [0.717, 1.165) is 6.54 Å². The zero-order valence-corrected chi connectivity index (χ0v) is 9.17. The number of anilines is 1. The molecule has 3 aliphatic heterocycles. The van der Waals surface area contributed by atoms with Gasteiger partial charge in [0.15, 0.2) is 0 Å². The number of ether oxygens (including phenoxy) is 1. The van der Waals surface area contributed by atoms with Gasteiger partial charge in [-0.3, -0.25) is 4.90 Å². The Kier molecular flexibility index (Phi) is 2.40. The summed E-state index contributed by atoms with van der Waals surface area (Å²) in [7, 11) is 0. The summed E-state index contributed by atoms with van der Waals surface area (Å²) in [5, 5.41) is 0. The van der Waals surface area contributed by atoms with Crippen molar-refractivity contribution in [2.45, 2.75) is 18.9 Å². The standard InChI is InChI=1S/C11H16N4O/c12-9-5-13-7-14-11(9)16-10-6-15-3-1-8(10)2-4-15/h5,7-8,10H,1-4,6,12H2. The monoisotopic (exact) mass is 220 g/mol. The highest BCUT2D eigenvalue weighted by Crippen LogP contribution is 2.31. The van der Waals surface area contributed by atoms with Crippen LogP contribution in [0.3, 0.4) is 0 Å². The van der Waals surface area contributed by atoms with Crippen molar-refractivity contribution >= 4 is 5.69 Å². The number of nitrogens with zero attached hydrogens (tertiary/aromatic N) is 3. The number of nitrogens with two attached hydrogens (primary N) is 1. The normalized spacial score (nSPS) is 32.6. The molecular formula is C11H16N4O. The number of fused-ring (bicyclic) bond motifs is 3. The first-order valence-electron chi connectivity index (χ1n) is 5.77. The summed E-state index contributed by atoms with van der Waals surface area (Å²) in [4.78, 5) is 10.4. The number of aromatic nitrogens is 2. The smallest absolute Gasteiger partial charge is 0.240 e. The Morgan fingerprint density at radius 3 is 2.81 bits per heavy atom. The Hall–Kier alpha value is -1.36. The summed E-state index contributed by atoms with van der Waals surface area (Å²) >= 11 is 0. The van der Waals surface area contributed by atoms with Gasteiger partial charge in [0.1, 0.15) is 18.1 Å². The Morgan fingerprint density at radius 1 is 1.38 bits per heavy atom. The highest BCUT2D eigenvalue weighted by atomic mass is 16.5. The van der Waals surface area contributed by atoms with Crippen LogP contribution < -0.4 is 10.5 Å². The lowest BCUT2D eigenvalue weighted by Crippen LogP contribution is -2.52. The van der Waals surface area contributed by atoms with Gasteiger partial charge in [0.25, 0.3) is 0 Å². The molecule has 1 aromatic heterocycles. The van der Waals surface area contributed by atoms with E-state index in [1.165, 1.54) is 32.3 Å². The maximum Gasteiger partial charge on any atom is 0.240 e. The molecule has 0 aliphatic carbocycles. The van der Waals surface area contributed by atoms with Gasteiger partial charge in [0, 0.05) is 6.54 Å². The van der Waals surface area contributed by atoms with Gasteiger partial charge in [-0.1, -0.05) is 0 Å². The Labute approximate surface area is 94.6 Å². The molecule has 5 heteroatoms. The molecule has 0 spiro atoms. The second-order valence-electron chi connectivity index (χ2n) is 4.58. The molecule has 16 heavy (non-hydrogen) atoms. The number of piperidine rings is 3. The van der Waals surface area contributed by atoms with Crippen LogP contribution in [0, 0.1) is 5.92 Å². The van der Waals surface area contributed by atoms with E-state index in [0.29, 0.717) is 17.5 Å². The summed E-state index contributed by atoms with van der Waals surface area (Å²) in [6.07, 6.45) is 5.78.